The standard InChI is InChI=1S/C19H15Cl2N3O2S2/c20-13-2-1-3-14(21)15(13)16(25)17-18(22)24-19(28-17)23-10-4-6-12(7-5-10)27-9-11-8-26-11/h1-7,11H,8-9,22H2,(H,23,24). The number of nitrogen functional groups attached to an aromatic ring is 1. The minimum Gasteiger partial charge on any atom is -0.382 e. The van der Waals surface area contributed by atoms with Gasteiger partial charge in [-0.2, -0.15) is 0 Å². The Morgan fingerprint density at radius 1 is 1.25 bits per heavy atom. The van der Waals surface area contributed by atoms with Gasteiger partial charge in [-0.05, 0) is 36.4 Å². The van der Waals surface area contributed by atoms with Crippen LogP contribution in [0.4, 0.5) is 16.6 Å². The SMILES string of the molecule is Nc1nc(Nc2ccc(SCC3CO3)cc2)sc1C(=O)c1c(Cl)cccc1Cl. The maximum absolute atomic E-state index is 12.8. The summed E-state index contributed by atoms with van der Waals surface area (Å²) in [6.45, 7) is 0.860. The average Bonchev–Trinajstić information content (AvgIpc) is 3.43. The predicted molar refractivity (Wildman–Crippen MR) is 117 cm³/mol. The number of benzene rings is 2. The van der Waals surface area contributed by atoms with E-state index in [1.54, 1.807) is 30.0 Å². The monoisotopic (exact) mass is 451 g/mol. The minimum atomic E-state index is -0.340. The van der Waals surface area contributed by atoms with E-state index in [2.05, 4.69) is 10.3 Å². The van der Waals surface area contributed by atoms with E-state index in [0.29, 0.717) is 16.1 Å². The van der Waals surface area contributed by atoms with E-state index in [-0.39, 0.29) is 27.2 Å². The third-order valence-electron chi connectivity index (χ3n) is 3.99. The molecule has 28 heavy (non-hydrogen) atoms. The number of nitrogens with one attached hydrogen (secondary N) is 1. The molecule has 0 radical (unpaired) electrons. The molecular weight excluding hydrogens is 437 g/mol. The molecule has 2 heterocycles. The topological polar surface area (TPSA) is 80.5 Å². The number of ketones is 1. The minimum absolute atomic E-state index is 0.144. The number of halogens is 2. The summed E-state index contributed by atoms with van der Waals surface area (Å²) in [6.07, 6.45) is 0.392. The number of carbonyl (C=O) groups is 1. The summed E-state index contributed by atoms with van der Waals surface area (Å²) < 4.78 is 5.22. The summed E-state index contributed by atoms with van der Waals surface area (Å²) in [4.78, 5) is 18.6. The predicted octanol–water partition coefficient (Wildman–Crippen LogP) is 5.50. The van der Waals surface area contributed by atoms with Crippen molar-refractivity contribution < 1.29 is 9.53 Å². The van der Waals surface area contributed by atoms with Gasteiger partial charge in [0.15, 0.2) is 5.13 Å². The second kappa shape index (κ2) is 8.31. The zero-order valence-corrected chi connectivity index (χ0v) is 17.6. The van der Waals surface area contributed by atoms with Crippen LogP contribution in [0, 0.1) is 0 Å². The van der Waals surface area contributed by atoms with Gasteiger partial charge in [-0.25, -0.2) is 4.98 Å². The third-order valence-corrected chi connectivity index (χ3v) is 6.75. The highest BCUT2D eigenvalue weighted by atomic mass is 35.5. The number of aromatic nitrogens is 1. The molecule has 2 aromatic carbocycles. The molecule has 0 aliphatic carbocycles. The van der Waals surface area contributed by atoms with Gasteiger partial charge >= 0.3 is 0 Å². The molecule has 0 amide bonds. The molecule has 0 bridgehead atoms. The summed E-state index contributed by atoms with van der Waals surface area (Å²) in [5.41, 5.74) is 7.06. The molecule has 3 N–H and O–H groups in total. The Morgan fingerprint density at radius 3 is 2.57 bits per heavy atom. The Morgan fingerprint density at radius 2 is 1.93 bits per heavy atom. The first kappa shape index (κ1) is 19.5. The van der Waals surface area contributed by atoms with Crippen molar-refractivity contribution in [3.05, 3.63) is 63.0 Å². The van der Waals surface area contributed by atoms with Crippen LogP contribution in [0.2, 0.25) is 10.0 Å². The third kappa shape index (κ3) is 4.45. The Balaban J connectivity index is 1.49. The first-order valence-electron chi connectivity index (χ1n) is 8.38. The number of anilines is 3. The van der Waals surface area contributed by atoms with Crippen LogP contribution in [0.25, 0.3) is 0 Å². The first-order chi connectivity index (χ1) is 13.5. The molecule has 1 aromatic heterocycles. The van der Waals surface area contributed by atoms with E-state index >= 15 is 0 Å². The van der Waals surface area contributed by atoms with Crippen molar-refractivity contribution in [2.24, 2.45) is 0 Å². The van der Waals surface area contributed by atoms with Gasteiger partial charge in [0.2, 0.25) is 5.78 Å². The number of rotatable bonds is 7. The van der Waals surface area contributed by atoms with Gasteiger partial charge in [-0.3, -0.25) is 4.79 Å². The number of thioether (sulfide) groups is 1. The molecule has 1 aliphatic heterocycles. The Hall–Kier alpha value is -1.77. The molecule has 144 valence electrons. The number of nitrogens with zero attached hydrogens (tertiary/aromatic N) is 1. The largest absolute Gasteiger partial charge is 0.382 e. The molecule has 1 atom stereocenters. The summed E-state index contributed by atoms with van der Waals surface area (Å²) in [6, 6.07) is 12.9. The second-order valence-electron chi connectivity index (χ2n) is 6.07. The van der Waals surface area contributed by atoms with Gasteiger partial charge in [0, 0.05) is 16.3 Å². The van der Waals surface area contributed by atoms with Gasteiger partial charge in [-0.15, -0.1) is 11.8 Å². The summed E-state index contributed by atoms with van der Waals surface area (Å²) in [5, 5.41) is 4.27. The molecule has 4 rings (SSSR count). The Labute approximate surface area is 180 Å². The van der Waals surface area contributed by atoms with E-state index in [0.717, 1.165) is 18.0 Å². The van der Waals surface area contributed by atoms with Crippen molar-refractivity contribution in [1.29, 1.82) is 0 Å². The zero-order chi connectivity index (χ0) is 19.7. The van der Waals surface area contributed by atoms with Gasteiger partial charge in [0.05, 0.1) is 28.3 Å². The molecule has 5 nitrogen and oxygen atoms in total. The van der Waals surface area contributed by atoms with Crippen molar-refractivity contribution in [2.45, 2.75) is 11.0 Å². The molecular formula is C19H15Cl2N3O2S2. The maximum atomic E-state index is 12.8. The fraction of sp³-hybridized carbons (Fsp3) is 0.158. The van der Waals surface area contributed by atoms with Crippen molar-refractivity contribution >= 4 is 68.7 Å². The van der Waals surface area contributed by atoms with Crippen LogP contribution < -0.4 is 11.1 Å². The normalized spacial score (nSPS) is 15.4. The molecule has 1 saturated heterocycles. The van der Waals surface area contributed by atoms with Gasteiger partial charge in [-0.1, -0.05) is 40.6 Å². The molecule has 1 unspecified atom stereocenters. The quantitative estimate of drug-likeness (QED) is 0.280. The summed E-state index contributed by atoms with van der Waals surface area (Å²) in [5.74, 6) is 0.768. The van der Waals surface area contributed by atoms with E-state index < -0.39 is 0 Å². The van der Waals surface area contributed by atoms with E-state index in [1.165, 1.54) is 16.2 Å². The lowest BCUT2D eigenvalue weighted by Gasteiger charge is -2.05. The van der Waals surface area contributed by atoms with Gasteiger partial charge in [0.25, 0.3) is 0 Å². The van der Waals surface area contributed by atoms with Gasteiger partial charge < -0.3 is 15.8 Å². The van der Waals surface area contributed by atoms with E-state index in [4.69, 9.17) is 33.7 Å². The van der Waals surface area contributed by atoms with Crippen molar-refractivity contribution in [2.75, 3.05) is 23.4 Å². The van der Waals surface area contributed by atoms with Crippen LogP contribution in [0.5, 0.6) is 0 Å². The highest BCUT2D eigenvalue weighted by molar-refractivity contribution is 7.99. The number of hydrogen-bond acceptors (Lipinski definition) is 7. The molecule has 0 spiro atoms. The zero-order valence-electron chi connectivity index (χ0n) is 14.4. The number of ether oxygens (including phenoxy) is 1. The second-order valence-corrected chi connectivity index (χ2v) is 8.98. The Kier molecular flexibility index (Phi) is 5.80. The molecule has 0 saturated carbocycles. The molecule has 1 fully saturated rings. The van der Waals surface area contributed by atoms with Crippen molar-refractivity contribution in [3.8, 4) is 0 Å². The highest BCUT2D eigenvalue weighted by Gasteiger charge is 2.23. The number of hydrogen-bond donors (Lipinski definition) is 2. The average molecular weight is 452 g/mol. The number of carbonyl (C=O) groups excluding carboxylic acids is 1. The van der Waals surface area contributed by atoms with Crippen LogP contribution in [0.1, 0.15) is 15.2 Å². The highest BCUT2D eigenvalue weighted by Crippen LogP contribution is 2.34. The smallest absolute Gasteiger partial charge is 0.209 e. The number of epoxide rings is 1. The van der Waals surface area contributed by atoms with Crippen LogP contribution in [0.15, 0.2) is 47.4 Å². The van der Waals surface area contributed by atoms with Gasteiger partial charge in [0.1, 0.15) is 10.7 Å². The molecule has 1 aliphatic rings. The number of nitrogens with two attached hydrogens (primary N) is 1. The number of thiazole rings is 1. The van der Waals surface area contributed by atoms with Crippen molar-refractivity contribution in [1.82, 2.24) is 4.98 Å². The van der Waals surface area contributed by atoms with Crippen LogP contribution >= 0.6 is 46.3 Å². The lowest BCUT2D eigenvalue weighted by Crippen LogP contribution is -2.04. The Bertz CT molecular complexity index is 1000. The fourth-order valence-electron chi connectivity index (χ4n) is 2.49. The molecule has 3 aromatic rings. The maximum Gasteiger partial charge on any atom is 0.209 e. The first-order valence-corrected chi connectivity index (χ1v) is 10.9. The lowest BCUT2D eigenvalue weighted by atomic mass is 10.1. The lowest BCUT2D eigenvalue weighted by molar-refractivity contribution is 0.104. The van der Waals surface area contributed by atoms with Crippen LogP contribution in [-0.4, -0.2) is 29.2 Å². The van der Waals surface area contributed by atoms with E-state index in [1.807, 2.05) is 24.3 Å². The molecule has 9 heteroatoms. The fourth-order valence-corrected chi connectivity index (χ4v) is 4.81. The van der Waals surface area contributed by atoms with Crippen molar-refractivity contribution in [3.63, 3.8) is 0 Å². The van der Waals surface area contributed by atoms with E-state index in [9.17, 15) is 4.79 Å². The van der Waals surface area contributed by atoms with Crippen LogP contribution in [0.3, 0.4) is 0 Å². The summed E-state index contributed by atoms with van der Waals surface area (Å²) in [7, 11) is 0. The van der Waals surface area contributed by atoms with Crippen LogP contribution in [-0.2, 0) is 4.74 Å². The summed E-state index contributed by atoms with van der Waals surface area (Å²) >= 11 is 15.2.